The predicted molar refractivity (Wildman–Crippen MR) is 235 cm³/mol. The highest BCUT2D eigenvalue weighted by molar-refractivity contribution is 5.91. The number of fused-ring (bicyclic) bond motifs is 9. The van der Waals surface area contributed by atoms with E-state index in [0.717, 1.165) is 50.8 Å². The van der Waals surface area contributed by atoms with E-state index in [4.69, 9.17) is 4.74 Å². The summed E-state index contributed by atoms with van der Waals surface area (Å²) >= 11 is 0. The minimum Gasteiger partial charge on any atom is -0.457 e. The molecule has 0 saturated carbocycles. The molecule has 11 rings (SSSR count). The molecule has 2 nitrogen and oxygen atoms in total. The standard InChI is InChI=1S/C55H37NO/c1-4-16-38(17-5-1)41-28-30-44(31-29-41)56(46-35-42(39-18-6-2-7-19-39)34-43(36-46)40-20-8-3-9-21-40)45-32-33-54-52(37-45)55(51-26-14-15-27-53(51)57-54)49-24-12-10-22-47(49)48-23-11-13-25-50(48)55/h1-37H. The smallest absolute Gasteiger partial charge is 0.132 e. The third kappa shape index (κ3) is 5.33. The van der Waals surface area contributed by atoms with Crippen LogP contribution in [0, 0.1) is 0 Å². The zero-order chi connectivity index (χ0) is 37.8. The maximum Gasteiger partial charge on any atom is 0.132 e. The Morgan fingerprint density at radius 1 is 0.281 bits per heavy atom. The molecule has 1 spiro atoms. The summed E-state index contributed by atoms with van der Waals surface area (Å²) in [5.41, 5.74) is 17.0. The van der Waals surface area contributed by atoms with Gasteiger partial charge in [0.1, 0.15) is 11.5 Å². The number of ether oxygens (including phenoxy) is 1. The number of benzene rings is 9. The van der Waals surface area contributed by atoms with Crippen LogP contribution >= 0.6 is 0 Å². The van der Waals surface area contributed by atoms with Crippen LogP contribution in [0.15, 0.2) is 224 Å². The number of rotatable bonds is 6. The van der Waals surface area contributed by atoms with E-state index in [1.165, 1.54) is 44.5 Å². The lowest BCUT2D eigenvalue weighted by molar-refractivity contribution is 0.436. The van der Waals surface area contributed by atoms with Crippen LogP contribution in [-0.4, -0.2) is 0 Å². The van der Waals surface area contributed by atoms with Gasteiger partial charge in [0.05, 0.1) is 5.41 Å². The van der Waals surface area contributed by atoms with Crippen molar-refractivity contribution in [2.24, 2.45) is 0 Å². The first-order chi connectivity index (χ1) is 28.3. The molecule has 0 saturated heterocycles. The largest absolute Gasteiger partial charge is 0.457 e. The quantitative estimate of drug-likeness (QED) is 0.169. The number of para-hydroxylation sites is 1. The Hall–Kier alpha value is -7.42. The monoisotopic (exact) mass is 727 g/mol. The van der Waals surface area contributed by atoms with Crippen LogP contribution in [-0.2, 0) is 5.41 Å². The summed E-state index contributed by atoms with van der Waals surface area (Å²) in [6, 6.07) is 81.1. The van der Waals surface area contributed by atoms with Gasteiger partial charge in [-0.25, -0.2) is 0 Å². The zero-order valence-electron chi connectivity index (χ0n) is 31.2. The Bertz CT molecular complexity index is 2810. The number of hydrogen-bond donors (Lipinski definition) is 0. The molecular formula is C55H37NO. The predicted octanol–water partition coefficient (Wildman–Crippen LogP) is 14.6. The first-order valence-electron chi connectivity index (χ1n) is 19.6. The van der Waals surface area contributed by atoms with Crippen molar-refractivity contribution < 1.29 is 4.74 Å². The summed E-state index contributed by atoms with van der Waals surface area (Å²) < 4.78 is 6.84. The first kappa shape index (κ1) is 33.0. The Morgan fingerprint density at radius 3 is 1.30 bits per heavy atom. The Kier molecular flexibility index (Phi) is 7.75. The molecule has 0 aromatic heterocycles. The van der Waals surface area contributed by atoms with Gasteiger partial charge in [0.2, 0.25) is 0 Å². The second kappa shape index (κ2) is 13.4. The number of nitrogens with zero attached hydrogens (tertiary/aromatic N) is 1. The van der Waals surface area contributed by atoms with Gasteiger partial charge in [-0.2, -0.15) is 0 Å². The summed E-state index contributed by atoms with van der Waals surface area (Å²) in [6.07, 6.45) is 0. The molecule has 2 heteroatoms. The zero-order valence-corrected chi connectivity index (χ0v) is 31.2. The van der Waals surface area contributed by atoms with Gasteiger partial charge in [-0.05, 0) is 110 Å². The molecule has 9 aromatic carbocycles. The van der Waals surface area contributed by atoms with Gasteiger partial charge in [-0.3, -0.25) is 0 Å². The fourth-order valence-corrected chi connectivity index (χ4v) is 9.20. The Balaban J connectivity index is 1.18. The minimum absolute atomic E-state index is 0.572. The lowest BCUT2D eigenvalue weighted by Crippen LogP contribution is -2.32. The number of hydrogen-bond acceptors (Lipinski definition) is 2. The molecule has 0 bridgehead atoms. The molecule has 0 unspecified atom stereocenters. The van der Waals surface area contributed by atoms with Gasteiger partial charge < -0.3 is 9.64 Å². The molecule has 0 N–H and O–H groups in total. The van der Waals surface area contributed by atoms with Gasteiger partial charge in [0.25, 0.3) is 0 Å². The second-order valence-electron chi connectivity index (χ2n) is 14.9. The summed E-state index contributed by atoms with van der Waals surface area (Å²) in [6.45, 7) is 0. The highest BCUT2D eigenvalue weighted by atomic mass is 16.5. The summed E-state index contributed by atoms with van der Waals surface area (Å²) in [5, 5.41) is 0. The maximum absolute atomic E-state index is 6.84. The van der Waals surface area contributed by atoms with Gasteiger partial charge in [-0.15, -0.1) is 0 Å². The molecule has 0 amide bonds. The van der Waals surface area contributed by atoms with E-state index in [-0.39, 0.29) is 0 Å². The lowest BCUT2D eigenvalue weighted by Gasteiger charge is -2.40. The van der Waals surface area contributed by atoms with Crippen molar-refractivity contribution in [1.29, 1.82) is 0 Å². The van der Waals surface area contributed by atoms with Crippen molar-refractivity contribution in [3.05, 3.63) is 247 Å². The van der Waals surface area contributed by atoms with Gasteiger partial charge in [-0.1, -0.05) is 170 Å². The highest BCUT2D eigenvalue weighted by Crippen LogP contribution is 2.62. The van der Waals surface area contributed by atoms with Crippen LogP contribution in [0.25, 0.3) is 44.5 Å². The maximum atomic E-state index is 6.84. The van der Waals surface area contributed by atoms with Crippen molar-refractivity contribution in [2.75, 3.05) is 4.90 Å². The summed E-state index contributed by atoms with van der Waals surface area (Å²) in [7, 11) is 0. The van der Waals surface area contributed by atoms with Gasteiger partial charge in [0.15, 0.2) is 0 Å². The molecule has 0 atom stereocenters. The van der Waals surface area contributed by atoms with Crippen LogP contribution in [0.1, 0.15) is 22.3 Å². The van der Waals surface area contributed by atoms with Crippen LogP contribution in [0.5, 0.6) is 11.5 Å². The first-order valence-corrected chi connectivity index (χ1v) is 19.6. The van der Waals surface area contributed by atoms with E-state index in [1.54, 1.807) is 0 Å². The van der Waals surface area contributed by atoms with Crippen LogP contribution in [0.3, 0.4) is 0 Å². The van der Waals surface area contributed by atoms with Crippen molar-refractivity contribution in [2.45, 2.75) is 5.41 Å². The normalized spacial score (nSPS) is 12.8. The van der Waals surface area contributed by atoms with Crippen LogP contribution in [0.2, 0.25) is 0 Å². The van der Waals surface area contributed by atoms with Crippen molar-refractivity contribution in [3.63, 3.8) is 0 Å². The molecule has 1 aliphatic carbocycles. The molecule has 1 aliphatic heterocycles. The van der Waals surface area contributed by atoms with E-state index in [9.17, 15) is 0 Å². The second-order valence-corrected chi connectivity index (χ2v) is 14.9. The molecule has 1 heterocycles. The highest BCUT2D eigenvalue weighted by Gasteiger charge is 2.51. The fourth-order valence-electron chi connectivity index (χ4n) is 9.20. The number of anilines is 3. The van der Waals surface area contributed by atoms with E-state index < -0.39 is 5.41 Å². The van der Waals surface area contributed by atoms with E-state index >= 15 is 0 Å². The molecular weight excluding hydrogens is 691 g/mol. The SMILES string of the molecule is c1ccc(-c2ccc(N(c3cc(-c4ccccc4)cc(-c4ccccc4)c3)c3ccc4c(c3)C3(c5ccccc5O4)c4ccccc4-c4ccccc43)cc2)cc1. The van der Waals surface area contributed by atoms with E-state index in [1.807, 2.05) is 0 Å². The van der Waals surface area contributed by atoms with Crippen LogP contribution < -0.4 is 9.64 Å². The molecule has 2 aliphatic rings. The van der Waals surface area contributed by atoms with Crippen molar-refractivity contribution >= 4 is 17.1 Å². The van der Waals surface area contributed by atoms with Crippen LogP contribution in [0.4, 0.5) is 17.1 Å². The fraction of sp³-hybridized carbons (Fsp3) is 0.0182. The van der Waals surface area contributed by atoms with Gasteiger partial charge >= 0.3 is 0 Å². The molecule has 268 valence electrons. The topological polar surface area (TPSA) is 12.5 Å². The van der Waals surface area contributed by atoms with E-state index in [2.05, 4.69) is 229 Å². The third-order valence-corrected chi connectivity index (χ3v) is 11.7. The molecule has 57 heavy (non-hydrogen) atoms. The third-order valence-electron chi connectivity index (χ3n) is 11.7. The summed E-state index contributed by atoms with van der Waals surface area (Å²) in [4.78, 5) is 2.41. The average molecular weight is 728 g/mol. The Labute approximate surface area is 333 Å². The van der Waals surface area contributed by atoms with E-state index in [0.29, 0.717) is 0 Å². The van der Waals surface area contributed by atoms with Crippen molar-refractivity contribution in [3.8, 4) is 56.0 Å². The van der Waals surface area contributed by atoms with Gasteiger partial charge in [0, 0.05) is 28.2 Å². The molecule has 0 radical (unpaired) electrons. The lowest BCUT2D eigenvalue weighted by atomic mass is 9.66. The molecule has 9 aromatic rings. The van der Waals surface area contributed by atoms with Crippen molar-refractivity contribution in [1.82, 2.24) is 0 Å². The Morgan fingerprint density at radius 2 is 0.719 bits per heavy atom. The average Bonchev–Trinajstić information content (AvgIpc) is 3.58. The summed E-state index contributed by atoms with van der Waals surface area (Å²) in [5.74, 6) is 1.76. The minimum atomic E-state index is -0.572. The molecule has 0 fully saturated rings.